The molecule has 1 heterocycles. The second-order valence-electron chi connectivity index (χ2n) is 15.0. The average molecular weight is 828 g/mol. The van der Waals surface area contributed by atoms with Gasteiger partial charge in [-0.15, -0.1) is 0 Å². The van der Waals surface area contributed by atoms with Gasteiger partial charge in [-0.1, -0.05) is 114 Å². The number of ether oxygens (including phenoxy) is 2. The van der Waals surface area contributed by atoms with Crippen molar-refractivity contribution in [2.75, 3.05) is 26.4 Å². The number of rotatable bonds is 36. The zero-order valence-corrected chi connectivity index (χ0v) is 35.7. The second-order valence-corrected chi connectivity index (χ2v) is 16.5. The van der Waals surface area contributed by atoms with Crippen LogP contribution in [0.3, 0.4) is 0 Å². The molecule has 2 bridgehead atoms. The Morgan fingerprint density at radius 3 is 2.14 bits per heavy atom. The molecule has 57 heavy (non-hydrogen) atoms. The minimum absolute atomic E-state index is 0.0112. The standard InChI is InChI=1S/C43H74NO12P/c1-3-5-7-8-9-10-11-12-13-14-15-16-17-18-23-27-42(45)50-34-37(35-52-57(48,49)51-32-31-44)53-43(46)28-24-20-19-22-26-38-39(41-33-40(38)55-56-41)30-29-36(54-47)25-21-6-4-2/h6,12-13,19,21-22,29-30,36-41,47H,3-5,7-11,14-18,20,23-28,31-35,44H2,1-2H3,(H,48,49)/b13-12-,21-6-,22-19-,30-29+. The fraction of sp³-hybridized carbons (Fsp3) is 0.767. The van der Waals surface area contributed by atoms with Gasteiger partial charge in [0.2, 0.25) is 0 Å². The molecule has 1 aliphatic heterocycles. The number of allylic oxidation sites excluding steroid dienone is 5. The molecule has 0 aromatic carbocycles. The summed E-state index contributed by atoms with van der Waals surface area (Å²) in [7, 11) is -4.44. The lowest BCUT2D eigenvalue weighted by atomic mass is 9.89. The maximum atomic E-state index is 12.7. The minimum Gasteiger partial charge on any atom is -0.462 e. The summed E-state index contributed by atoms with van der Waals surface area (Å²) in [5, 5.41) is 9.30. The van der Waals surface area contributed by atoms with Crippen molar-refractivity contribution in [3.8, 4) is 0 Å². The zero-order chi connectivity index (χ0) is 41.4. The van der Waals surface area contributed by atoms with Crippen LogP contribution in [-0.2, 0) is 47.3 Å². The molecule has 2 rings (SSSR count). The third-order valence-electron chi connectivity index (χ3n) is 10.1. The molecule has 1 saturated heterocycles. The number of carbonyl (C=O) groups is 2. The molecule has 4 N–H and O–H groups in total. The Morgan fingerprint density at radius 1 is 0.789 bits per heavy atom. The van der Waals surface area contributed by atoms with Gasteiger partial charge in [0.25, 0.3) is 0 Å². The van der Waals surface area contributed by atoms with Crippen LogP contribution in [0.1, 0.15) is 149 Å². The minimum atomic E-state index is -4.44. The molecule has 0 spiro atoms. The Balaban J connectivity index is 1.70. The van der Waals surface area contributed by atoms with Crippen molar-refractivity contribution in [1.82, 2.24) is 0 Å². The highest BCUT2D eigenvalue weighted by molar-refractivity contribution is 7.47. The quantitative estimate of drug-likeness (QED) is 0.0136. The first-order valence-electron chi connectivity index (χ1n) is 21.7. The van der Waals surface area contributed by atoms with Gasteiger partial charge in [-0.25, -0.2) is 19.2 Å². The van der Waals surface area contributed by atoms with Crippen LogP contribution in [0.5, 0.6) is 0 Å². The monoisotopic (exact) mass is 827 g/mol. The molecule has 0 aromatic heterocycles. The molecular formula is C43H74NO12P. The summed E-state index contributed by atoms with van der Waals surface area (Å²) in [6.07, 6.45) is 34.7. The molecule has 14 heteroatoms. The van der Waals surface area contributed by atoms with E-state index in [4.69, 9.17) is 34.0 Å². The molecule has 1 aliphatic carbocycles. The van der Waals surface area contributed by atoms with E-state index in [0.717, 1.165) is 57.8 Å². The van der Waals surface area contributed by atoms with E-state index in [0.29, 0.717) is 25.7 Å². The summed E-state index contributed by atoms with van der Waals surface area (Å²) in [6, 6.07) is 0. The first kappa shape index (κ1) is 51.0. The van der Waals surface area contributed by atoms with Crippen molar-refractivity contribution in [3.05, 3.63) is 48.6 Å². The van der Waals surface area contributed by atoms with Crippen molar-refractivity contribution in [1.29, 1.82) is 0 Å². The largest absolute Gasteiger partial charge is 0.472 e. The molecule has 2 aliphatic rings. The van der Waals surface area contributed by atoms with E-state index in [1.165, 1.54) is 38.5 Å². The van der Waals surface area contributed by atoms with Crippen LogP contribution in [0.4, 0.5) is 0 Å². The molecule has 1 saturated carbocycles. The van der Waals surface area contributed by atoms with Crippen molar-refractivity contribution < 1.29 is 57.5 Å². The van der Waals surface area contributed by atoms with Gasteiger partial charge in [-0.05, 0) is 64.2 Å². The molecule has 0 amide bonds. The highest BCUT2D eigenvalue weighted by Gasteiger charge is 2.49. The number of unbranched alkanes of at least 4 members (excludes halogenated alkanes) is 12. The van der Waals surface area contributed by atoms with Crippen LogP contribution >= 0.6 is 7.82 Å². The Bertz CT molecular complexity index is 1230. The van der Waals surface area contributed by atoms with Crippen molar-refractivity contribution in [2.45, 2.75) is 173 Å². The van der Waals surface area contributed by atoms with Gasteiger partial charge in [0.15, 0.2) is 6.10 Å². The number of phosphoric ester groups is 1. The predicted octanol–water partition coefficient (Wildman–Crippen LogP) is 9.79. The van der Waals surface area contributed by atoms with Gasteiger partial charge >= 0.3 is 19.8 Å². The Hall–Kier alpha value is -2.19. The fourth-order valence-electron chi connectivity index (χ4n) is 6.90. The first-order chi connectivity index (χ1) is 27.7. The molecule has 0 radical (unpaired) electrons. The number of hydrogen-bond acceptors (Lipinski definition) is 12. The lowest BCUT2D eigenvalue weighted by molar-refractivity contribution is -0.336. The number of nitrogens with two attached hydrogens (primary N) is 1. The van der Waals surface area contributed by atoms with Gasteiger partial charge in [-0.2, -0.15) is 0 Å². The van der Waals surface area contributed by atoms with Gasteiger partial charge in [0, 0.05) is 37.6 Å². The maximum Gasteiger partial charge on any atom is 0.472 e. The number of carbonyl (C=O) groups excluding carboxylic acids is 2. The third-order valence-corrected chi connectivity index (χ3v) is 11.1. The van der Waals surface area contributed by atoms with E-state index in [-0.39, 0.29) is 56.6 Å². The molecule has 2 fully saturated rings. The summed E-state index contributed by atoms with van der Waals surface area (Å²) in [5.41, 5.74) is 5.35. The van der Waals surface area contributed by atoms with Crippen LogP contribution in [0.2, 0.25) is 0 Å². The molecule has 13 nitrogen and oxygen atoms in total. The Kier molecular flexibility index (Phi) is 29.2. The summed E-state index contributed by atoms with van der Waals surface area (Å²) < 4.78 is 32.8. The summed E-state index contributed by atoms with van der Waals surface area (Å²) in [4.78, 5) is 50.7. The van der Waals surface area contributed by atoms with E-state index >= 15 is 0 Å². The van der Waals surface area contributed by atoms with Crippen molar-refractivity contribution >= 4 is 19.8 Å². The lowest BCUT2D eigenvalue weighted by Gasteiger charge is -2.27. The average Bonchev–Trinajstić information content (AvgIpc) is 3.81. The van der Waals surface area contributed by atoms with Crippen molar-refractivity contribution in [2.24, 2.45) is 17.6 Å². The molecule has 7 atom stereocenters. The van der Waals surface area contributed by atoms with Gasteiger partial charge < -0.3 is 20.1 Å². The summed E-state index contributed by atoms with van der Waals surface area (Å²) in [6.45, 7) is 3.33. The highest BCUT2D eigenvalue weighted by Crippen LogP contribution is 2.45. The predicted molar refractivity (Wildman–Crippen MR) is 221 cm³/mol. The zero-order valence-electron chi connectivity index (χ0n) is 34.8. The smallest absolute Gasteiger partial charge is 0.462 e. The SMILES string of the molecule is CC/C=C\CC(/C=C/C1C2CC(OO2)C1C/C=C\CCCC(=O)OC(COC(=O)CCCCCCC/C=C\CCCCCCCC)COP(=O)(O)OCCN)OO. The van der Waals surface area contributed by atoms with E-state index in [1.54, 1.807) is 0 Å². The second kappa shape index (κ2) is 32.6. The Labute approximate surface area is 342 Å². The molecule has 328 valence electrons. The number of esters is 2. The fourth-order valence-corrected chi connectivity index (χ4v) is 7.67. The van der Waals surface area contributed by atoms with Crippen LogP contribution in [-0.4, -0.2) is 72.9 Å². The maximum absolute atomic E-state index is 12.7. The van der Waals surface area contributed by atoms with Crippen LogP contribution in [0, 0.1) is 11.8 Å². The topological polar surface area (TPSA) is 182 Å². The number of fused-ring (bicyclic) bond motifs is 2. The molecule has 0 aromatic rings. The van der Waals surface area contributed by atoms with Gasteiger partial charge in [-0.3, -0.25) is 23.9 Å². The van der Waals surface area contributed by atoms with E-state index in [2.05, 4.69) is 36.1 Å². The van der Waals surface area contributed by atoms with Crippen LogP contribution < -0.4 is 5.73 Å². The third kappa shape index (κ3) is 24.5. The summed E-state index contributed by atoms with van der Waals surface area (Å²) >= 11 is 0. The van der Waals surface area contributed by atoms with E-state index in [1.807, 2.05) is 31.2 Å². The molecule has 7 unspecified atom stereocenters. The van der Waals surface area contributed by atoms with Crippen molar-refractivity contribution in [3.63, 3.8) is 0 Å². The normalized spacial score (nSPS) is 21.6. The lowest BCUT2D eigenvalue weighted by Crippen LogP contribution is -2.29. The molecular weight excluding hydrogens is 753 g/mol. The summed E-state index contributed by atoms with van der Waals surface area (Å²) in [5.74, 6) is -0.634. The Morgan fingerprint density at radius 2 is 1.44 bits per heavy atom. The van der Waals surface area contributed by atoms with E-state index in [9.17, 15) is 24.3 Å². The van der Waals surface area contributed by atoms with Gasteiger partial charge in [0.05, 0.1) is 19.3 Å². The first-order valence-corrected chi connectivity index (χ1v) is 23.1. The number of phosphoric acid groups is 1. The van der Waals surface area contributed by atoms with Crippen LogP contribution in [0.15, 0.2) is 48.6 Å². The van der Waals surface area contributed by atoms with Crippen LogP contribution in [0.25, 0.3) is 0 Å². The number of hydrogen-bond donors (Lipinski definition) is 3. The van der Waals surface area contributed by atoms with E-state index < -0.39 is 38.6 Å². The van der Waals surface area contributed by atoms with Gasteiger partial charge in [0.1, 0.15) is 18.8 Å². The highest BCUT2D eigenvalue weighted by atomic mass is 31.2.